The largest absolute Gasteiger partial charge is 0.444 e. The van der Waals surface area contributed by atoms with Gasteiger partial charge in [-0.25, -0.2) is 4.98 Å². The van der Waals surface area contributed by atoms with Crippen LogP contribution in [0, 0.1) is 0 Å². The van der Waals surface area contributed by atoms with Crippen molar-refractivity contribution in [1.82, 2.24) is 24.6 Å². The van der Waals surface area contributed by atoms with E-state index in [1.165, 1.54) is 44.3 Å². The lowest BCUT2D eigenvalue weighted by atomic mass is 10.1. The van der Waals surface area contributed by atoms with Gasteiger partial charge in [0.05, 0.1) is 19.3 Å². The highest BCUT2D eigenvalue weighted by Crippen LogP contribution is 2.39. The summed E-state index contributed by atoms with van der Waals surface area (Å²) in [6.45, 7) is 3.71. The zero-order valence-corrected chi connectivity index (χ0v) is 13.4. The van der Waals surface area contributed by atoms with E-state index in [4.69, 9.17) is 4.42 Å². The van der Waals surface area contributed by atoms with Gasteiger partial charge in [-0.3, -0.25) is 4.90 Å². The molecular weight excluding hydrogens is 290 g/mol. The molecule has 2 aromatic rings. The molecule has 0 amide bonds. The van der Waals surface area contributed by atoms with Crippen LogP contribution < -0.4 is 0 Å². The smallest absolute Gasteiger partial charge is 0.197 e. The molecule has 5 rings (SSSR count). The molecule has 2 fully saturated rings. The van der Waals surface area contributed by atoms with E-state index < -0.39 is 0 Å². The van der Waals surface area contributed by atoms with Crippen LogP contribution in [0.3, 0.4) is 0 Å². The zero-order valence-electron chi connectivity index (χ0n) is 13.4. The maximum Gasteiger partial charge on any atom is 0.197 e. The van der Waals surface area contributed by atoms with Gasteiger partial charge in [0.15, 0.2) is 5.89 Å². The molecule has 0 spiro atoms. The van der Waals surface area contributed by atoms with Crippen LogP contribution in [0.4, 0.5) is 0 Å². The second-order valence-electron chi connectivity index (χ2n) is 7.26. The van der Waals surface area contributed by atoms with Crippen molar-refractivity contribution in [2.45, 2.75) is 70.0 Å². The third-order valence-corrected chi connectivity index (χ3v) is 5.46. The zero-order chi connectivity index (χ0) is 15.2. The Morgan fingerprint density at radius 2 is 1.91 bits per heavy atom. The van der Waals surface area contributed by atoms with Crippen LogP contribution >= 0.6 is 0 Å². The van der Waals surface area contributed by atoms with E-state index in [-0.39, 0.29) is 0 Å². The van der Waals surface area contributed by atoms with Gasteiger partial charge in [0.25, 0.3) is 0 Å². The maximum absolute atomic E-state index is 5.89. The summed E-state index contributed by atoms with van der Waals surface area (Å²) in [7, 11) is 0. The number of fused-ring (bicyclic) bond motifs is 1. The molecule has 2 aromatic heterocycles. The summed E-state index contributed by atoms with van der Waals surface area (Å²) in [6.07, 6.45) is 9.61. The monoisotopic (exact) mass is 313 g/mol. The molecule has 23 heavy (non-hydrogen) atoms. The minimum atomic E-state index is 0.585. The molecule has 6 heteroatoms. The van der Waals surface area contributed by atoms with E-state index >= 15 is 0 Å². The van der Waals surface area contributed by atoms with Gasteiger partial charge in [-0.2, -0.15) is 0 Å². The molecule has 0 atom stereocenters. The van der Waals surface area contributed by atoms with Crippen LogP contribution in [-0.4, -0.2) is 31.2 Å². The molecule has 122 valence electrons. The highest BCUT2D eigenvalue weighted by molar-refractivity contribution is 5.08. The van der Waals surface area contributed by atoms with E-state index in [2.05, 4.69) is 24.6 Å². The second-order valence-corrected chi connectivity index (χ2v) is 7.26. The van der Waals surface area contributed by atoms with Gasteiger partial charge in [0, 0.05) is 24.9 Å². The fraction of sp³-hybridized carbons (Fsp3) is 0.706. The topological polar surface area (TPSA) is 60.0 Å². The lowest BCUT2D eigenvalue weighted by Crippen LogP contribution is -2.34. The normalized spacial score (nSPS) is 22.6. The Hall–Kier alpha value is -1.69. The van der Waals surface area contributed by atoms with E-state index in [0.29, 0.717) is 11.8 Å². The first-order valence-corrected chi connectivity index (χ1v) is 8.96. The molecule has 0 saturated heterocycles. The first kappa shape index (κ1) is 13.7. The van der Waals surface area contributed by atoms with Crippen molar-refractivity contribution in [1.29, 1.82) is 0 Å². The summed E-state index contributed by atoms with van der Waals surface area (Å²) in [6, 6.07) is 0. The van der Waals surface area contributed by atoms with E-state index in [9.17, 15) is 0 Å². The Balaban J connectivity index is 1.28. The van der Waals surface area contributed by atoms with Gasteiger partial charge in [0.2, 0.25) is 0 Å². The summed E-state index contributed by atoms with van der Waals surface area (Å²) in [5.41, 5.74) is 0. The van der Waals surface area contributed by atoms with E-state index in [1.807, 2.05) is 6.20 Å². The van der Waals surface area contributed by atoms with E-state index in [0.717, 1.165) is 43.7 Å². The average Bonchev–Trinajstić information content (AvgIpc) is 2.99. The predicted molar refractivity (Wildman–Crippen MR) is 83.8 cm³/mol. The van der Waals surface area contributed by atoms with Gasteiger partial charge in [0.1, 0.15) is 17.4 Å². The minimum absolute atomic E-state index is 0.585. The predicted octanol–water partition coefficient (Wildman–Crippen LogP) is 2.82. The average molecular weight is 313 g/mol. The molecular formula is C17H23N5O. The van der Waals surface area contributed by atoms with Gasteiger partial charge in [-0.05, 0) is 25.7 Å². The molecule has 3 aliphatic rings. The molecule has 0 radical (unpaired) electrons. The van der Waals surface area contributed by atoms with Crippen molar-refractivity contribution in [3.05, 3.63) is 29.5 Å². The fourth-order valence-electron chi connectivity index (χ4n) is 3.99. The molecule has 0 N–H and O–H groups in total. The number of aromatic nitrogens is 4. The van der Waals surface area contributed by atoms with Gasteiger partial charge >= 0.3 is 0 Å². The van der Waals surface area contributed by atoms with Crippen LogP contribution in [0.2, 0.25) is 0 Å². The van der Waals surface area contributed by atoms with Crippen LogP contribution in [0.25, 0.3) is 0 Å². The highest BCUT2D eigenvalue weighted by atomic mass is 16.4. The molecule has 6 nitrogen and oxygen atoms in total. The second kappa shape index (κ2) is 5.44. The molecule has 0 aromatic carbocycles. The summed E-state index contributed by atoms with van der Waals surface area (Å²) in [5, 5.41) is 8.97. The minimum Gasteiger partial charge on any atom is -0.444 e. The van der Waals surface area contributed by atoms with Crippen molar-refractivity contribution in [3.8, 4) is 0 Å². The Kier molecular flexibility index (Phi) is 3.25. The number of rotatable bonds is 4. The maximum atomic E-state index is 5.89. The molecule has 3 heterocycles. The lowest BCUT2D eigenvalue weighted by Gasteiger charge is -2.27. The molecule has 0 unspecified atom stereocenters. The SMILES string of the molecule is c1nc(C2CC2)oc1CN1CCn2c(nnc2C2CCCC2)C1. The molecule has 0 bridgehead atoms. The van der Waals surface area contributed by atoms with Gasteiger partial charge < -0.3 is 8.98 Å². The highest BCUT2D eigenvalue weighted by Gasteiger charge is 2.30. The van der Waals surface area contributed by atoms with Crippen molar-refractivity contribution < 1.29 is 4.42 Å². The third kappa shape index (κ3) is 2.59. The van der Waals surface area contributed by atoms with Crippen LogP contribution in [0.1, 0.15) is 73.7 Å². The molecule has 2 saturated carbocycles. The van der Waals surface area contributed by atoms with Crippen molar-refractivity contribution in [3.63, 3.8) is 0 Å². The molecule has 1 aliphatic heterocycles. The van der Waals surface area contributed by atoms with Crippen LogP contribution in [0.5, 0.6) is 0 Å². The van der Waals surface area contributed by atoms with E-state index in [1.54, 1.807) is 0 Å². The number of nitrogens with zero attached hydrogens (tertiary/aromatic N) is 5. The van der Waals surface area contributed by atoms with Gasteiger partial charge in [-0.1, -0.05) is 12.8 Å². The van der Waals surface area contributed by atoms with Crippen molar-refractivity contribution >= 4 is 0 Å². The summed E-state index contributed by atoms with van der Waals surface area (Å²) < 4.78 is 8.25. The number of hydrogen-bond acceptors (Lipinski definition) is 5. The quantitative estimate of drug-likeness (QED) is 0.868. The lowest BCUT2D eigenvalue weighted by molar-refractivity contribution is 0.190. The Bertz CT molecular complexity index is 696. The Labute approximate surface area is 135 Å². The van der Waals surface area contributed by atoms with Gasteiger partial charge in [-0.15, -0.1) is 10.2 Å². The number of hydrogen-bond donors (Lipinski definition) is 0. The van der Waals surface area contributed by atoms with Crippen molar-refractivity contribution in [2.24, 2.45) is 0 Å². The van der Waals surface area contributed by atoms with Crippen molar-refractivity contribution in [2.75, 3.05) is 6.54 Å². The van der Waals surface area contributed by atoms with Crippen LogP contribution in [-0.2, 0) is 19.6 Å². The standard InChI is InChI=1S/C17H23N5O/c1-2-4-12(3-1)16-20-19-15-11-21(7-8-22(15)16)10-14-9-18-17(23-14)13-5-6-13/h9,12-13H,1-8,10-11H2. The number of oxazole rings is 1. The summed E-state index contributed by atoms with van der Waals surface area (Å²) in [5.74, 6) is 5.48. The third-order valence-electron chi connectivity index (χ3n) is 5.46. The Morgan fingerprint density at radius 1 is 1.04 bits per heavy atom. The fourth-order valence-corrected chi connectivity index (χ4v) is 3.99. The summed E-state index contributed by atoms with van der Waals surface area (Å²) in [4.78, 5) is 6.81. The van der Waals surface area contributed by atoms with Crippen LogP contribution in [0.15, 0.2) is 10.6 Å². The molecule has 2 aliphatic carbocycles. The Morgan fingerprint density at radius 3 is 2.74 bits per heavy atom. The first-order chi connectivity index (χ1) is 11.4. The summed E-state index contributed by atoms with van der Waals surface area (Å²) >= 11 is 0. The first-order valence-electron chi connectivity index (χ1n) is 8.96.